The molecule has 0 radical (unpaired) electrons. The van der Waals surface area contributed by atoms with Crippen molar-refractivity contribution in [1.82, 2.24) is 14.5 Å². The molecule has 0 amide bonds. The van der Waals surface area contributed by atoms with E-state index in [0.717, 1.165) is 38.0 Å². The van der Waals surface area contributed by atoms with Crippen molar-refractivity contribution in [2.45, 2.75) is 25.5 Å². The Bertz CT molecular complexity index is 643. The lowest BCUT2D eigenvalue weighted by Gasteiger charge is -2.38. The van der Waals surface area contributed by atoms with Crippen molar-refractivity contribution >= 4 is 0 Å². The first-order chi connectivity index (χ1) is 11.2. The predicted molar refractivity (Wildman–Crippen MR) is 87.5 cm³/mol. The fourth-order valence-corrected chi connectivity index (χ4v) is 3.39. The summed E-state index contributed by atoms with van der Waals surface area (Å²) in [6.07, 6.45) is 5.63. The van der Waals surface area contributed by atoms with Gasteiger partial charge < -0.3 is 9.30 Å². The van der Waals surface area contributed by atoms with Crippen LogP contribution >= 0.6 is 0 Å². The average Bonchev–Trinajstić information content (AvgIpc) is 2.96. The Labute approximate surface area is 136 Å². The van der Waals surface area contributed by atoms with Gasteiger partial charge in [-0.1, -0.05) is 18.2 Å². The number of hydrogen-bond acceptors (Lipinski definition) is 3. The molecule has 2 heterocycles. The molecule has 1 aliphatic heterocycles. The largest absolute Gasteiger partial charge is 0.380 e. The van der Waals surface area contributed by atoms with E-state index < -0.39 is 0 Å². The molecule has 2 atom stereocenters. The molecule has 23 heavy (non-hydrogen) atoms. The first-order valence-electron chi connectivity index (χ1n) is 8.11. The number of ether oxygens (including phenoxy) is 1. The number of aromatic nitrogens is 2. The van der Waals surface area contributed by atoms with Crippen LogP contribution in [0.1, 0.15) is 17.7 Å². The first-order valence-corrected chi connectivity index (χ1v) is 8.11. The van der Waals surface area contributed by atoms with Crippen molar-refractivity contribution in [3.05, 3.63) is 53.9 Å². The molecular formula is C18H24FN3O. The van der Waals surface area contributed by atoms with Crippen molar-refractivity contribution in [2.75, 3.05) is 20.2 Å². The fourth-order valence-electron chi connectivity index (χ4n) is 3.39. The van der Waals surface area contributed by atoms with Gasteiger partial charge in [-0.3, -0.25) is 4.90 Å². The summed E-state index contributed by atoms with van der Waals surface area (Å²) in [5.74, 6) is 0.249. The molecule has 1 aliphatic rings. The van der Waals surface area contributed by atoms with Gasteiger partial charge in [0.15, 0.2) is 0 Å². The Balaban J connectivity index is 1.63. The van der Waals surface area contributed by atoms with Crippen LogP contribution in [0.25, 0.3) is 0 Å². The van der Waals surface area contributed by atoms with Crippen LogP contribution in [0.15, 0.2) is 36.8 Å². The van der Waals surface area contributed by atoms with Gasteiger partial charge in [-0.25, -0.2) is 9.37 Å². The highest BCUT2D eigenvalue weighted by Crippen LogP contribution is 2.26. The molecule has 0 saturated carbocycles. The minimum absolute atomic E-state index is 0.111. The summed E-state index contributed by atoms with van der Waals surface area (Å²) in [6.45, 7) is 2.76. The maximum absolute atomic E-state index is 13.9. The van der Waals surface area contributed by atoms with Crippen molar-refractivity contribution in [2.24, 2.45) is 13.0 Å². The van der Waals surface area contributed by atoms with E-state index in [-0.39, 0.29) is 11.9 Å². The van der Waals surface area contributed by atoms with Crippen LogP contribution in [0.2, 0.25) is 0 Å². The van der Waals surface area contributed by atoms with Gasteiger partial charge in [-0.05, 0) is 36.9 Å². The highest BCUT2D eigenvalue weighted by molar-refractivity contribution is 5.18. The lowest BCUT2D eigenvalue weighted by atomic mass is 9.87. The minimum atomic E-state index is -0.111. The molecule has 124 valence electrons. The summed E-state index contributed by atoms with van der Waals surface area (Å²) < 4.78 is 21.6. The van der Waals surface area contributed by atoms with Gasteiger partial charge in [0.25, 0.3) is 0 Å². The smallest absolute Gasteiger partial charge is 0.126 e. The summed E-state index contributed by atoms with van der Waals surface area (Å²) in [7, 11) is 3.77. The number of nitrogens with zero attached hydrogens (tertiary/aromatic N) is 3. The van der Waals surface area contributed by atoms with Gasteiger partial charge in [0.1, 0.15) is 5.82 Å². The van der Waals surface area contributed by atoms with Crippen molar-refractivity contribution in [1.29, 1.82) is 0 Å². The predicted octanol–water partition coefficient (Wildman–Crippen LogP) is 2.64. The molecule has 5 heteroatoms. The summed E-state index contributed by atoms with van der Waals surface area (Å²) in [5, 5.41) is 0. The van der Waals surface area contributed by atoms with Crippen LogP contribution < -0.4 is 0 Å². The van der Waals surface area contributed by atoms with Gasteiger partial charge >= 0.3 is 0 Å². The molecule has 0 spiro atoms. The monoisotopic (exact) mass is 317 g/mol. The van der Waals surface area contributed by atoms with E-state index in [1.165, 1.54) is 11.8 Å². The van der Waals surface area contributed by atoms with Crippen molar-refractivity contribution < 1.29 is 9.13 Å². The molecule has 0 aliphatic carbocycles. The van der Waals surface area contributed by atoms with Gasteiger partial charge in [0.05, 0.1) is 18.1 Å². The third-order valence-corrected chi connectivity index (χ3v) is 4.82. The molecule has 1 aromatic carbocycles. The lowest BCUT2D eigenvalue weighted by molar-refractivity contribution is -0.0143. The molecule has 0 unspecified atom stereocenters. The number of aryl methyl sites for hydroxylation is 1. The number of piperidine rings is 1. The van der Waals surface area contributed by atoms with Crippen LogP contribution in [0, 0.1) is 11.7 Å². The van der Waals surface area contributed by atoms with E-state index >= 15 is 0 Å². The van der Waals surface area contributed by atoms with Crippen molar-refractivity contribution in [3.8, 4) is 0 Å². The second kappa shape index (κ2) is 7.23. The molecule has 3 rings (SSSR count). The van der Waals surface area contributed by atoms with Crippen molar-refractivity contribution in [3.63, 3.8) is 0 Å². The Morgan fingerprint density at radius 1 is 1.35 bits per heavy atom. The van der Waals surface area contributed by atoms with Crippen LogP contribution in [0.3, 0.4) is 0 Å². The van der Waals surface area contributed by atoms with Crippen LogP contribution in [-0.2, 0) is 24.8 Å². The number of imidazole rings is 1. The molecule has 0 N–H and O–H groups in total. The Morgan fingerprint density at radius 2 is 2.17 bits per heavy atom. The Hall–Kier alpha value is -1.72. The summed E-state index contributed by atoms with van der Waals surface area (Å²) in [5.41, 5.74) is 1.99. The Morgan fingerprint density at radius 3 is 2.87 bits per heavy atom. The number of hydrogen-bond donors (Lipinski definition) is 0. The topological polar surface area (TPSA) is 30.3 Å². The number of methoxy groups -OCH3 is 1. The molecule has 1 fully saturated rings. The first kappa shape index (κ1) is 16.1. The molecular weight excluding hydrogens is 293 g/mol. The summed E-state index contributed by atoms with van der Waals surface area (Å²) in [4.78, 5) is 6.56. The molecule has 1 aromatic heterocycles. The lowest BCUT2D eigenvalue weighted by Crippen LogP contribution is -2.45. The maximum atomic E-state index is 13.9. The van der Waals surface area contributed by atoms with Crippen LogP contribution in [0.5, 0.6) is 0 Å². The molecule has 4 nitrogen and oxygen atoms in total. The highest BCUT2D eigenvalue weighted by atomic mass is 19.1. The van der Waals surface area contributed by atoms with E-state index in [2.05, 4.69) is 9.88 Å². The zero-order chi connectivity index (χ0) is 16.2. The van der Waals surface area contributed by atoms with Gasteiger partial charge in [-0.2, -0.15) is 0 Å². The number of benzene rings is 1. The maximum Gasteiger partial charge on any atom is 0.126 e. The summed E-state index contributed by atoms with van der Waals surface area (Å²) in [6, 6.07) is 7.06. The second-order valence-electron chi connectivity index (χ2n) is 6.35. The number of rotatable bonds is 5. The number of halogens is 1. The summed E-state index contributed by atoms with van der Waals surface area (Å²) >= 11 is 0. The SMILES string of the molecule is CO[C@H]1CN(Cc2cncn2C)CC[C@@H]1Cc1ccccc1F. The molecule has 2 aromatic rings. The van der Waals surface area contributed by atoms with E-state index in [1.54, 1.807) is 13.2 Å². The quantitative estimate of drug-likeness (QED) is 0.849. The Kier molecular flexibility index (Phi) is 5.08. The van der Waals surface area contributed by atoms with E-state index in [0.29, 0.717) is 5.92 Å². The third kappa shape index (κ3) is 3.79. The van der Waals surface area contributed by atoms with Gasteiger partial charge in [-0.15, -0.1) is 0 Å². The minimum Gasteiger partial charge on any atom is -0.380 e. The molecule has 1 saturated heterocycles. The van der Waals surface area contributed by atoms with Crippen LogP contribution in [-0.4, -0.2) is 40.8 Å². The average molecular weight is 317 g/mol. The zero-order valence-corrected chi connectivity index (χ0v) is 13.8. The van der Waals surface area contributed by atoms with E-state index in [9.17, 15) is 4.39 Å². The van der Waals surface area contributed by atoms with Gasteiger partial charge in [0, 0.05) is 33.4 Å². The number of likely N-dealkylation sites (tertiary alicyclic amines) is 1. The highest BCUT2D eigenvalue weighted by Gasteiger charge is 2.30. The normalized spacial score (nSPS) is 22.4. The van der Waals surface area contributed by atoms with Gasteiger partial charge in [0.2, 0.25) is 0 Å². The molecule has 0 bridgehead atoms. The van der Waals surface area contributed by atoms with Crippen LogP contribution in [0.4, 0.5) is 4.39 Å². The fraction of sp³-hybridized carbons (Fsp3) is 0.500. The zero-order valence-electron chi connectivity index (χ0n) is 13.8. The van der Waals surface area contributed by atoms with E-state index in [4.69, 9.17) is 4.74 Å². The third-order valence-electron chi connectivity index (χ3n) is 4.82. The second-order valence-corrected chi connectivity index (χ2v) is 6.35. The standard InChI is InChI=1S/C18H24FN3O/c1-21-13-20-10-16(21)11-22-8-7-15(18(12-22)23-2)9-14-5-3-4-6-17(14)19/h3-6,10,13,15,18H,7-9,11-12H2,1-2H3/t15-,18+/m1/s1. The van der Waals surface area contributed by atoms with E-state index in [1.807, 2.05) is 36.3 Å².